The molecule has 1 aliphatic rings. The van der Waals surface area contributed by atoms with Crippen LogP contribution in [0, 0.1) is 0 Å². The van der Waals surface area contributed by atoms with E-state index in [0.717, 1.165) is 13.0 Å². The fourth-order valence-electron chi connectivity index (χ4n) is 2.32. The first-order chi connectivity index (χ1) is 6.61. The van der Waals surface area contributed by atoms with Crippen LogP contribution in [-0.2, 0) is 4.79 Å². The van der Waals surface area contributed by atoms with E-state index in [2.05, 4.69) is 18.7 Å². The Balaban J connectivity index is 2.29. The van der Waals surface area contributed by atoms with E-state index in [-0.39, 0.29) is 5.24 Å². The van der Waals surface area contributed by atoms with E-state index in [4.69, 9.17) is 11.6 Å². The van der Waals surface area contributed by atoms with E-state index in [1.165, 1.54) is 19.3 Å². The fourth-order valence-corrected chi connectivity index (χ4v) is 2.45. The zero-order chi connectivity index (χ0) is 10.6. The summed E-state index contributed by atoms with van der Waals surface area (Å²) in [5.41, 5.74) is 0. The lowest BCUT2D eigenvalue weighted by molar-refractivity contribution is -0.111. The zero-order valence-electron chi connectivity index (χ0n) is 9.13. The number of halogens is 1. The molecule has 0 spiro atoms. The van der Waals surface area contributed by atoms with E-state index in [1.54, 1.807) is 0 Å². The molecule has 2 atom stereocenters. The van der Waals surface area contributed by atoms with Gasteiger partial charge in [-0.3, -0.25) is 9.69 Å². The van der Waals surface area contributed by atoms with E-state index >= 15 is 0 Å². The maximum Gasteiger partial charge on any atom is 0.221 e. The van der Waals surface area contributed by atoms with Gasteiger partial charge in [-0.05, 0) is 51.3 Å². The molecule has 0 aliphatic carbocycles. The number of likely N-dealkylation sites (tertiary alicyclic amines) is 1. The number of rotatable bonds is 4. The van der Waals surface area contributed by atoms with Gasteiger partial charge in [0, 0.05) is 18.5 Å². The molecule has 1 aliphatic heterocycles. The monoisotopic (exact) mass is 217 g/mol. The highest BCUT2D eigenvalue weighted by molar-refractivity contribution is 6.63. The number of carbonyl (C=O) groups is 1. The van der Waals surface area contributed by atoms with Crippen LogP contribution in [0.2, 0.25) is 0 Å². The standard InChI is InChI=1S/C11H20ClNO/c1-9-5-3-6-10(2)13(9)8-4-7-11(12)14/h9-10H,3-8H2,1-2H3. The Hall–Kier alpha value is -0.0800. The molecule has 0 amide bonds. The van der Waals surface area contributed by atoms with Crippen molar-refractivity contribution < 1.29 is 4.79 Å². The van der Waals surface area contributed by atoms with Crippen molar-refractivity contribution in [2.75, 3.05) is 6.54 Å². The minimum absolute atomic E-state index is 0.206. The molecular formula is C11H20ClNO. The summed E-state index contributed by atoms with van der Waals surface area (Å²) in [5.74, 6) is 0. The van der Waals surface area contributed by atoms with Crippen molar-refractivity contribution in [3.05, 3.63) is 0 Å². The largest absolute Gasteiger partial charge is 0.298 e. The Morgan fingerprint density at radius 2 is 1.93 bits per heavy atom. The van der Waals surface area contributed by atoms with Gasteiger partial charge in [0.15, 0.2) is 0 Å². The summed E-state index contributed by atoms with van der Waals surface area (Å²) in [6.07, 6.45) is 5.33. The van der Waals surface area contributed by atoms with Crippen molar-refractivity contribution in [1.82, 2.24) is 4.90 Å². The average Bonchev–Trinajstić information content (AvgIpc) is 2.09. The highest BCUT2D eigenvalue weighted by Crippen LogP contribution is 2.22. The molecule has 2 nitrogen and oxygen atoms in total. The SMILES string of the molecule is CC1CCCC(C)N1CCCC(=O)Cl. The zero-order valence-corrected chi connectivity index (χ0v) is 9.89. The van der Waals surface area contributed by atoms with Crippen molar-refractivity contribution in [2.45, 2.75) is 58.0 Å². The molecule has 0 aromatic rings. The first-order valence-electron chi connectivity index (χ1n) is 5.55. The third-order valence-corrected chi connectivity index (χ3v) is 3.35. The molecule has 0 radical (unpaired) electrons. The number of piperidine rings is 1. The third-order valence-electron chi connectivity index (χ3n) is 3.17. The van der Waals surface area contributed by atoms with E-state index in [0.29, 0.717) is 18.5 Å². The van der Waals surface area contributed by atoms with Crippen molar-refractivity contribution in [3.8, 4) is 0 Å². The molecule has 0 aromatic heterocycles. The van der Waals surface area contributed by atoms with Gasteiger partial charge in [0.2, 0.25) is 5.24 Å². The third kappa shape index (κ3) is 3.58. The van der Waals surface area contributed by atoms with E-state index in [1.807, 2.05) is 0 Å². The lowest BCUT2D eigenvalue weighted by Crippen LogP contribution is -2.44. The van der Waals surface area contributed by atoms with Gasteiger partial charge in [-0.25, -0.2) is 0 Å². The van der Waals surface area contributed by atoms with Gasteiger partial charge in [-0.1, -0.05) is 6.42 Å². The molecule has 1 rings (SSSR count). The molecule has 0 aromatic carbocycles. The molecule has 0 saturated carbocycles. The predicted octanol–water partition coefficient (Wildman–Crippen LogP) is 2.79. The highest BCUT2D eigenvalue weighted by Gasteiger charge is 2.23. The van der Waals surface area contributed by atoms with Crippen LogP contribution < -0.4 is 0 Å². The maximum atomic E-state index is 10.6. The summed E-state index contributed by atoms with van der Waals surface area (Å²) in [4.78, 5) is 13.1. The summed E-state index contributed by atoms with van der Waals surface area (Å²) in [6, 6.07) is 1.34. The van der Waals surface area contributed by atoms with Gasteiger partial charge in [-0.2, -0.15) is 0 Å². The smallest absolute Gasteiger partial charge is 0.221 e. The van der Waals surface area contributed by atoms with Gasteiger partial charge < -0.3 is 0 Å². The van der Waals surface area contributed by atoms with Crippen LogP contribution in [-0.4, -0.2) is 28.8 Å². The summed E-state index contributed by atoms with van der Waals surface area (Å²) < 4.78 is 0. The molecular weight excluding hydrogens is 198 g/mol. The fraction of sp³-hybridized carbons (Fsp3) is 0.909. The van der Waals surface area contributed by atoms with Gasteiger partial charge in [0.05, 0.1) is 0 Å². The first-order valence-corrected chi connectivity index (χ1v) is 5.93. The molecule has 1 fully saturated rings. The molecule has 0 N–H and O–H groups in total. The van der Waals surface area contributed by atoms with Crippen LogP contribution >= 0.6 is 11.6 Å². The Morgan fingerprint density at radius 1 is 1.36 bits per heavy atom. The van der Waals surface area contributed by atoms with Crippen LogP contribution in [0.5, 0.6) is 0 Å². The predicted molar refractivity (Wildman–Crippen MR) is 59.6 cm³/mol. The van der Waals surface area contributed by atoms with Crippen molar-refractivity contribution in [3.63, 3.8) is 0 Å². The summed E-state index contributed by atoms with van der Waals surface area (Å²) in [5, 5.41) is -0.206. The van der Waals surface area contributed by atoms with Crippen LogP contribution in [0.4, 0.5) is 0 Å². The minimum Gasteiger partial charge on any atom is -0.298 e. The van der Waals surface area contributed by atoms with Crippen molar-refractivity contribution in [1.29, 1.82) is 0 Å². The number of carbonyl (C=O) groups excluding carboxylic acids is 1. The van der Waals surface area contributed by atoms with Crippen molar-refractivity contribution >= 4 is 16.8 Å². The number of nitrogens with zero attached hydrogens (tertiary/aromatic N) is 1. The second kappa shape index (κ2) is 5.72. The van der Waals surface area contributed by atoms with Crippen LogP contribution in [0.15, 0.2) is 0 Å². The lowest BCUT2D eigenvalue weighted by Gasteiger charge is -2.38. The first kappa shape index (κ1) is 12.0. The average molecular weight is 218 g/mol. The molecule has 1 heterocycles. The van der Waals surface area contributed by atoms with Crippen LogP contribution in [0.25, 0.3) is 0 Å². The van der Waals surface area contributed by atoms with Gasteiger partial charge in [-0.15, -0.1) is 0 Å². The number of hydrogen-bond acceptors (Lipinski definition) is 2. The minimum atomic E-state index is -0.206. The molecule has 1 saturated heterocycles. The molecule has 82 valence electrons. The quantitative estimate of drug-likeness (QED) is 0.675. The van der Waals surface area contributed by atoms with Crippen LogP contribution in [0.3, 0.4) is 0 Å². The summed E-state index contributed by atoms with van der Waals surface area (Å²) >= 11 is 5.31. The normalized spacial score (nSPS) is 29.1. The van der Waals surface area contributed by atoms with Gasteiger partial charge in [0.25, 0.3) is 0 Å². The van der Waals surface area contributed by atoms with E-state index in [9.17, 15) is 4.79 Å². The van der Waals surface area contributed by atoms with Gasteiger partial charge >= 0.3 is 0 Å². The lowest BCUT2D eigenvalue weighted by atomic mass is 9.97. The Labute approximate surface area is 91.6 Å². The Morgan fingerprint density at radius 3 is 2.43 bits per heavy atom. The van der Waals surface area contributed by atoms with Crippen LogP contribution in [0.1, 0.15) is 46.0 Å². The second-order valence-corrected chi connectivity index (χ2v) is 4.75. The number of hydrogen-bond donors (Lipinski definition) is 0. The second-order valence-electron chi connectivity index (χ2n) is 4.33. The molecule has 14 heavy (non-hydrogen) atoms. The summed E-state index contributed by atoms with van der Waals surface area (Å²) in [7, 11) is 0. The molecule has 3 heteroatoms. The van der Waals surface area contributed by atoms with Gasteiger partial charge in [0.1, 0.15) is 0 Å². The molecule has 2 unspecified atom stereocenters. The Kier molecular flexibility index (Phi) is 4.90. The Bertz CT molecular complexity index is 186. The molecule has 0 bridgehead atoms. The van der Waals surface area contributed by atoms with E-state index < -0.39 is 0 Å². The topological polar surface area (TPSA) is 20.3 Å². The summed E-state index contributed by atoms with van der Waals surface area (Å²) in [6.45, 7) is 5.57. The highest BCUT2D eigenvalue weighted by atomic mass is 35.5. The maximum absolute atomic E-state index is 10.6. The van der Waals surface area contributed by atoms with Crippen molar-refractivity contribution in [2.24, 2.45) is 0 Å².